The Morgan fingerprint density at radius 2 is 1.81 bits per heavy atom. The molecule has 0 aliphatic carbocycles. The van der Waals surface area contributed by atoms with Gasteiger partial charge in [0.1, 0.15) is 17.6 Å². The Morgan fingerprint density at radius 1 is 1.25 bits per heavy atom. The molecule has 88 valence electrons. The quantitative estimate of drug-likeness (QED) is 0.765. The van der Waals surface area contributed by atoms with Gasteiger partial charge in [0.2, 0.25) is 0 Å². The van der Waals surface area contributed by atoms with Gasteiger partial charge in [0, 0.05) is 12.5 Å². The van der Waals surface area contributed by atoms with Crippen LogP contribution in [0.15, 0.2) is 12.1 Å². The van der Waals surface area contributed by atoms with Crippen molar-refractivity contribution in [2.45, 2.75) is 26.4 Å². The van der Waals surface area contributed by atoms with Crippen molar-refractivity contribution < 1.29 is 9.53 Å². The Kier molecular flexibility index (Phi) is 4.90. The fraction of sp³-hybridized carbons (Fsp3) is 0.364. The molecule has 0 heterocycles. The highest BCUT2D eigenvalue weighted by atomic mass is 35.5. The summed E-state index contributed by atoms with van der Waals surface area (Å²) in [5.74, 6) is 0.494. The van der Waals surface area contributed by atoms with E-state index < -0.39 is 0 Å². The molecule has 2 nitrogen and oxygen atoms in total. The molecule has 0 saturated carbocycles. The summed E-state index contributed by atoms with van der Waals surface area (Å²) in [6.07, 6.45) is 0.0866. The average Bonchev–Trinajstić information content (AvgIpc) is 2.12. The fourth-order valence-corrected chi connectivity index (χ4v) is 1.84. The van der Waals surface area contributed by atoms with Crippen LogP contribution in [0.25, 0.3) is 0 Å². The van der Waals surface area contributed by atoms with Crippen LogP contribution in [-0.2, 0) is 4.79 Å². The summed E-state index contributed by atoms with van der Waals surface area (Å²) in [5.41, 5.74) is 0. The van der Waals surface area contributed by atoms with E-state index in [9.17, 15) is 4.79 Å². The summed E-state index contributed by atoms with van der Waals surface area (Å²) >= 11 is 17.5. The molecule has 0 amide bonds. The van der Waals surface area contributed by atoms with Gasteiger partial charge in [-0.1, -0.05) is 34.8 Å². The van der Waals surface area contributed by atoms with Gasteiger partial charge < -0.3 is 4.74 Å². The Balaban J connectivity index is 2.81. The Hall–Kier alpha value is -0.440. The van der Waals surface area contributed by atoms with Crippen molar-refractivity contribution in [1.29, 1.82) is 0 Å². The summed E-state index contributed by atoms with van der Waals surface area (Å²) in [6, 6.07) is 3.06. The second-order valence-corrected chi connectivity index (χ2v) is 4.75. The number of benzene rings is 1. The van der Waals surface area contributed by atoms with E-state index in [0.717, 1.165) is 0 Å². The molecule has 0 aromatic heterocycles. The number of Topliss-reactive ketones (excluding diaryl/α,β-unsaturated/α-hetero) is 1. The van der Waals surface area contributed by atoms with E-state index in [1.807, 2.05) is 0 Å². The van der Waals surface area contributed by atoms with E-state index in [1.165, 1.54) is 13.0 Å². The van der Waals surface area contributed by atoms with Gasteiger partial charge in [0.25, 0.3) is 0 Å². The third-order valence-corrected chi connectivity index (χ3v) is 2.90. The summed E-state index contributed by atoms with van der Waals surface area (Å²) in [7, 11) is 0. The van der Waals surface area contributed by atoms with Crippen LogP contribution in [0.4, 0.5) is 0 Å². The van der Waals surface area contributed by atoms with E-state index in [-0.39, 0.29) is 11.9 Å². The zero-order chi connectivity index (χ0) is 12.3. The topological polar surface area (TPSA) is 26.3 Å². The highest BCUT2D eigenvalue weighted by Gasteiger charge is 2.12. The van der Waals surface area contributed by atoms with Crippen LogP contribution in [0.2, 0.25) is 15.1 Å². The van der Waals surface area contributed by atoms with Crippen LogP contribution < -0.4 is 4.74 Å². The molecule has 1 rings (SSSR count). The number of halogens is 3. The molecule has 0 saturated heterocycles. The van der Waals surface area contributed by atoms with Crippen LogP contribution >= 0.6 is 34.8 Å². The molecule has 0 fully saturated rings. The molecular weight excluding hydrogens is 270 g/mol. The third-order valence-electron chi connectivity index (χ3n) is 1.88. The Labute approximate surface area is 109 Å². The first-order valence-electron chi connectivity index (χ1n) is 4.70. The predicted molar refractivity (Wildman–Crippen MR) is 66.9 cm³/mol. The van der Waals surface area contributed by atoms with E-state index in [0.29, 0.717) is 27.2 Å². The van der Waals surface area contributed by atoms with E-state index in [4.69, 9.17) is 39.5 Å². The minimum absolute atomic E-state index is 0.0590. The van der Waals surface area contributed by atoms with Crippen molar-refractivity contribution in [3.63, 3.8) is 0 Å². The van der Waals surface area contributed by atoms with Crippen LogP contribution in [0.3, 0.4) is 0 Å². The zero-order valence-electron chi connectivity index (χ0n) is 8.89. The molecule has 5 heteroatoms. The first-order valence-corrected chi connectivity index (χ1v) is 5.84. The summed E-state index contributed by atoms with van der Waals surface area (Å²) < 4.78 is 5.50. The molecule has 0 aliphatic rings. The third kappa shape index (κ3) is 3.85. The lowest BCUT2D eigenvalue weighted by molar-refractivity contribution is -0.118. The number of ether oxygens (including phenoxy) is 1. The lowest BCUT2D eigenvalue weighted by Crippen LogP contribution is -2.15. The average molecular weight is 282 g/mol. The predicted octanol–water partition coefficient (Wildman–Crippen LogP) is 4.39. The van der Waals surface area contributed by atoms with Crippen molar-refractivity contribution in [2.24, 2.45) is 0 Å². The second kappa shape index (κ2) is 5.76. The minimum atomic E-state index is -0.243. The van der Waals surface area contributed by atoms with E-state index >= 15 is 0 Å². The lowest BCUT2D eigenvalue weighted by atomic mass is 10.2. The number of carbonyl (C=O) groups excluding carboxylic acids is 1. The van der Waals surface area contributed by atoms with Crippen LogP contribution in [0, 0.1) is 0 Å². The molecular formula is C11H11Cl3O2. The molecule has 0 bridgehead atoms. The standard InChI is InChI=1S/C11H11Cl3O2/c1-6(15)3-7(2)16-11-5-9(13)8(12)4-10(11)14/h4-5,7H,3H2,1-2H3. The maximum absolute atomic E-state index is 10.9. The molecule has 0 N–H and O–H groups in total. The highest BCUT2D eigenvalue weighted by molar-refractivity contribution is 6.43. The molecule has 1 unspecified atom stereocenters. The number of ketones is 1. The van der Waals surface area contributed by atoms with Gasteiger partial charge in [-0.25, -0.2) is 0 Å². The smallest absolute Gasteiger partial charge is 0.139 e. The van der Waals surface area contributed by atoms with Gasteiger partial charge in [-0.15, -0.1) is 0 Å². The van der Waals surface area contributed by atoms with Gasteiger partial charge >= 0.3 is 0 Å². The first-order chi connectivity index (χ1) is 7.40. The molecule has 0 spiro atoms. The summed E-state index contributed by atoms with van der Waals surface area (Å²) in [4.78, 5) is 10.9. The Morgan fingerprint density at radius 3 is 2.38 bits per heavy atom. The van der Waals surface area contributed by atoms with Gasteiger partial charge in [-0.05, 0) is 19.9 Å². The minimum Gasteiger partial charge on any atom is -0.489 e. The number of hydrogen-bond donors (Lipinski definition) is 0. The van der Waals surface area contributed by atoms with Gasteiger partial charge in [-0.3, -0.25) is 4.79 Å². The molecule has 16 heavy (non-hydrogen) atoms. The SMILES string of the molecule is CC(=O)CC(C)Oc1cc(Cl)c(Cl)cc1Cl. The van der Waals surface area contributed by atoms with Crippen LogP contribution in [0.5, 0.6) is 5.75 Å². The zero-order valence-corrected chi connectivity index (χ0v) is 11.2. The summed E-state index contributed by atoms with van der Waals surface area (Å²) in [5, 5.41) is 1.12. The number of hydrogen-bond acceptors (Lipinski definition) is 2. The highest BCUT2D eigenvalue weighted by Crippen LogP contribution is 2.34. The summed E-state index contributed by atoms with van der Waals surface area (Å²) in [6.45, 7) is 3.30. The fourth-order valence-electron chi connectivity index (χ4n) is 1.26. The largest absolute Gasteiger partial charge is 0.489 e. The molecule has 0 radical (unpaired) electrons. The van der Waals surface area contributed by atoms with E-state index in [1.54, 1.807) is 13.0 Å². The molecule has 1 atom stereocenters. The second-order valence-electron chi connectivity index (χ2n) is 3.53. The maximum atomic E-state index is 10.9. The monoisotopic (exact) mass is 280 g/mol. The van der Waals surface area contributed by atoms with Crippen molar-refractivity contribution in [3.05, 3.63) is 27.2 Å². The first kappa shape index (κ1) is 13.6. The Bertz CT molecular complexity index is 404. The van der Waals surface area contributed by atoms with Gasteiger partial charge in [-0.2, -0.15) is 0 Å². The van der Waals surface area contributed by atoms with Crippen molar-refractivity contribution in [1.82, 2.24) is 0 Å². The molecule has 0 aliphatic heterocycles. The lowest BCUT2D eigenvalue weighted by Gasteiger charge is -2.15. The van der Waals surface area contributed by atoms with Gasteiger partial charge in [0.05, 0.1) is 15.1 Å². The number of carbonyl (C=O) groups is 1. The maximum Gasteiger partial charge on any atom is 0.139 e. The van der Waals surface area contributed by atoms with Crippen molar-refractivity contribution in [2.75, 3.05) is 0 Å². The molecule has 1 aromatic carbocycles. The van der Waals surface area contributed by atoms with Crippen LogP contribution in [0.1, 0.15) is 20.3 Å². The molecule has 1 aromatic rings. The van der Waals surface area contributed by atoms with Crippen molar-refractivity contribution >= 4 is 40.6 Å². The number of rotatable bonds is 4. The van der Waals surface area contributed by atoms with Crippen LogP contribution in [-0.4, -0.2) is 11.9 Å². The van der Waals surface area contributed by atoms with Gasteiger partial charge in [0.15, 0.2) is 0 Å². The van der Waals surface area contributed by atoms with E-state index in [2.05, 4.69) is 0 Å². The normalized spacial score (nSPS) is 12.3. The van der Waals surface area contributed by atoms with Crippen molar-refractivity contribution in [3.8, 4) is 5.75 Å².